The largest absolute Gasteiger partial charge is 2.00 e. The zero-order chi connectivity index (χ0) is 7.56. The quantitative estimate of drug-likeness (QED) is 0.542. The number of benzene rings is 1. The smallest absolute Gasteiger partial charge is 1.00 e. The van der Waals surface area contributed by atoms with Gasteiger partial charge < -0.3 is 2.85 Å². The van der Waals surface area contributed by atoms with Gasteiger partial charge in [0.25, 0.3) is 0 Å². The summed E-state index contributed by atoms with van der Waals surface area (Å²) in [5.74, 6) is 0. The van der Waals surface area contributed by atoms with Crippen molar-refractivity contribution in [3.8, 4) is 0 Å². The van der Waals surface area contributed by atoms with Crippen LogP contribution in [0.25, 0.3) is 0 Å². The fraction of sp³-hybridized carbons (Fsp3) is 0.143. The van der Waals surface area contributed by atoms with Crippen LogP contribution in [0.5, 0.6) is 0 Å². The van der Waals surface area contributed by atoms with E-state index in [-0.39, 0.29) is 40.6 Å². The van der Waals surface area contributed by atoms with Gasteiger partial charge in [0.15, 0.2) is 0 Å². The Kier molecular flexibility index (Phi) is 5.49. The summed E-state index contributed by atoms with van der Waals surface area (Å²) in [5.41, 5.74) is 0.867. The van der Waals surface area contributed by atoms with Gasteiger partial charge in [-0.05, 0) is 17.6 Å². The van der Waals surface area contributed by atoms with Gasteiger partial charge in [-0.1, -0.05) is 18.2 Å². The summed E-state index contributed by atoms with van der Waals surface area (Å²) in [4.78, 5) is 8.71. The zero-order valence-corrected chi connectivity index (χ0v) is 9.42. The normalized spacial score (nSPS) is 10.2. The van der Waals surface area contributed by atoms with Gasteiger partial charge in [0, 0.05) is 5.56 Å². The first kappa shape index (κ1) is 11.5. The molecule has 4 heteroatoms. The van der Waals surface area contributed by atoms with Crippen molar-refractivity contribution in [2.24, 2.45) is 0 Å². The molecule has 0 fully saturated rings. The predicted molar refractivity (Wildman–Crippen MR) is 48.6 cm³/mol. The summed E-state index contributed by atoms with van der Waals surface area (Å²) in [6.45, 7) is 1.82. The van der Waals surface area contributed by atoms with Gasteiger partial charge in [-0.2, -0.15) is 4.89 Å². The molecular weight excluding hydrogens is 187 g/mol. The first-order valence-electron chi connectivity index (χ1n) is 2.93. The van der Waals surface area contributed by atoms with Crippen LogP contribution in [0.3, 0.4) is 0 Å². The molecule has 56 valence electrons. The predicted octanol–water partition coefficient (Wildman–Crippen LogP) is 1.20. The van der Waals surface area contributed by atoms with Crippen molar-refractivity contribution in [1.29, 1.82) is 0 Å². The van der Waals surface area contributed by atoms with Crippen LogP contribution < -0.4 is 5.30 Å². The van der Waals surface area contributed by atoms with E-state index in [1.807, 2.05) is 19.1 Å². The van der Waals surface area contributed by atoms with Crippen molar-refractivity contribution < 1.29 is 12.3 Å². The molecule has 0 amide bonds. The first-order valence-corrected chi connectivity index (χ1v) is 4.15. The number of hydrogen-bond donors (Lipinski definition) is 1. The van der Waals surface area contributed by atoms with Gasteiger partial charge >= 0.3 is 45.8 Å². The Bertz CT molecular complexity index is 270. The minimum absolute atomic E-state index is 0. The minimum atomic E-state index is -2.17. The molecule has 0 radical (unpaired) electrons. The van der Waals surface area contributed by atoms with E-state index in [4.69, 9.17) is 4.89 Å². The summed E-state index contributed by atoms with van der Waals surface area (Å²) in [7, 11) is -2.17. The molecule has 2 nitrogen and oxygen atoms in total. The maximum absolute atomic E-state index is 10.6. The maximum Gasteiger partial charge on any atom is 2.00 e. The Balaban J connectivity index is -0.000000333. The molecule has 0 aliphatic heterocycles. The molecule has 1 aromatic rings. The second-order valence-corrected chi connectivity index (χ2v) is 3.09. The second-order valence-electron chi connectivity index (χ2n) is 2.06. The van der Waals surface area contributed by atoms with Crippen LogP contribution >= 0.6 is 8.03 Å². The molecule has 1 aromatic carbocycles. The van der Waals surface area contributed by atoms with E-state index in [9.17, 15) is 4.57 Å². The third-order valence-electron chi connectivity index (χ3n) is 1.32. The van der Waals surface area contributed by atoms with Gasteiger partial charge in [0.2, 0.25) is 5.30 Å². The van der Waals surface area contributed by atoms with E-state index in [0.717, 1.165) is 5.56 Å². The van der Waals surface area contributed by atoms with Crippen LogP contribution in [-0.2, 0) is 4.57 Å². The fourth-order valence-corrected chi connectivity index (χ4v) is 1.37. The molecule has 0 aromatic heterocycles. The summed E-state index contributed by atoms with van der Waals surface area (Å²) >= 11 is 0. The van der Waals surface area contributed by atoms with Gasteiger partial charge in [-0.3, -0.25) is 0 Å². The Hall–Kier alpha value is 0.540. The number of rotatable bonds is 1. The van der Waals surface area contributed by atoms with Crippen molar-refractivity contribution in [3.05, 3.63) is 29.8 Å². The molecule has 1 N–H and O–H groups in total. The van der Waals surface area contributed by atoms with Crippen LogP contribution in [0.2, 0.25) is 0 Å². The molecule has 0 aliphatic rings. The van der Waals surface area contributed by atoms with Crippen LogP contribution in [0.1, 0.15) is 8.42 Å². The molecule has 1 rings (SSSR count). The van der Waals surface area contributed by atoms with Crippen LogP contribution in [0.4, 0.5) is 0 Å². The molecule has 0 heterocycles. The van der Waals surface area contributed by atoms with Gasteiger partial charge in [0.05, 0.1) is 0 Å². The van der Waals surface area contributed by atoms with E-state index in [1.54, 1.807) is 12.1 Å². The van der Waals surface area contributed by atoms with Gasteiger partial charge in [0.1, 0.15) is 0 Å². The monoisotopic (exact) mass is 197 g/mol. The Morgan fingerprint density at radius 1 is 1.45 bits per heavy atom. The Morgan fingerprint density at radius 2 is 2.00 bits per heavy atom. The van der Waals surface area contributed by atoms with Crippen molar-refractivity contribution >= 4 is 51.1 Å². The second kappa shape index (κ2) is 5.23. The van der Waals surface area contributed by atoms with E-state index in [1.165, 1.54) is 0 Å². The van der Waals surface area contributed by atoms with Crippen LogP contribution in [0, 0.1) is 6.92 Å². The molecule has 11 heavy (non-hydrogen) atoms. The fourth-order valence-electron chi connectivity index (χ4n) is 0.778. The van der Waals surface area contributed by atoms with Crippen LogP contribution in [-0.4, -0.2) is 42.6 Å². The summed E-state index contributed by atoms with van der Waals surface area (Å²) in [6.07, 6.45) is 0. The number of hydrogen-bond acceptors (Lipinski definition) is 1. The summed E-state index contributed by atoms with van der Waals surface area (Å²) in [6, 6.07) is 7.08. The first-order chi connectivity index (χ1) is 4.72. The zero-order valence-electron chi connectivity index (χ0n) is 8.32. The third kappa shape index (κ3) is 3.18. The molecule has 1 unspecified atom stereocenters. The van der Waals surface area contributed by atoms with E-state index in [0.29, 0.717) is 5.30 Å². The molecular formula is C7H10CaO2P+. The summed E-state index contributed by atoms with van der Waals surface area (Å²) < 4.78 is 10.6. The molecule has 0 saturated carbocycles. The standard InChI is InChI=1S/C7H7O2P.Ca.2H/c1-6-4-2-3-5-7(6)10(8)9;;;/h2-5H,1H3;;;/q;+2;2*-1/p+1. The molecule has 0 spiro atoms. The van der Waals surface area contributed by atoms with Gasteiger partial charge in [-0.25, -0.2) is 0 Å². The van der Waals surface area contributed by atoms with Crippen molar-refractivity contribution in [2.75, 3.05) is 0 Å². The van der Waals surface area contributed by atoms with Crippen LogP contribution in [0.15, 0.2) is 24.3 Å². The van der Waals surface area contributed by atoms with E-state index in [2.05, 4.69) is 0 Å². The third-order valence-corrected chi connectivity index (χ3v) is 2.24. The number of aryl methyl sites for hydroxylation is 1. The molecule has 0 saturated heterocycles. The summed E-state index contributed by atoms with van der Waals surface area (Å²) in [5, 5.41) is 0.525. The van der Waals surface area contributed by atoms with Crippen molar-refractivity contribution in [3.63, 3.8) is 0 Å². The van der Waals surface area contributed by atoms with Crippen molar-refractivity contribution in [1.82, 2.24) is 0 Å². The average molecular weight is 197 g/mol. The van der Waals surface area contributed by atoms with Crippen molar-refractivity contribution in [2.45, 2.75) is 6.92 Å². The van der Waals surface area contributed by atoms with Gasteiger partial charge in [-0.15, -0.1) is 0 Å². The topological polar surface area (TPSA) is 37.3 Å². The Morgan fingerprint density at radius 3 is 2.36 bits per heavy atom. The average Bonchev–Trinajstić information content (AvgIpc) is 1.88. The molecule has 1 atom stereocenters. The SMILES string of the molecule is Cc1ccccc1[P+](=O)O.[Ca+2].[H-].[H-]. The maximum atomic E-state index is 10.6. The minimum Gasteiger partial charge on any atom is -1.00 e. The van der Waals surface area contributed by atoms with E-state index >= 15 is 0 Å². The molecule has 0 bridgehead atoms. The van der Waals surface area contributed by atoms with E-state index < -0.39 is 8.03 Å². The Labute approximate surface area is 99.5 Å². The molecule has 0 aliphatic carbocycles.